The lowest BCUT2D eigenvalue weighted by molar-refractivity contribution is 0.0693. The van der Waals surface area contributed by atoms with E-state index in [1.807, 2.05) is 0 Å². The third-order valence-corrected chi connectivity index (χ3v) is 2.83. The number of nitrogens with zero attached hydrogens (tertiary/aromatic N) is 1. The first kappa shape index (κ1) is 13.2. The van der Waals surface area contributed by atoms with Gasteiger partial charge in [0.1, 0.15) is 17.2 Å². The van der Waals surface area contributed by atoms with Crippen molar-refractivity contribution in [1.82, 2.24) is 9.97 Å². The van der Waals surface area contributed by atoms with Gasteiger partial charge in [-0.05, 0) is 19.1 Å². The van der Waals surface area contributed by atoms with E-state index in [9.17, 15) is 14.0 Å². The predicted molar refractivity (Wildman–Crippen MR) is 67.0 cm³/mol. The first-order valence-electron chi connectivity index (χ1n) is 5.20. The lowest BCUT2D eigenvalue weighted by atomic mass is 10.1. The zero-order chi connectivity index (χ0) is 14.2. The molecule has 0 radical (unpaired) electrons. The second-order valence-electron chi connectivity index (χ2n) is 3.78. The van der Waals surface area contributed by atoms with Crippen molar-refractivity contribution in [3.05, 3.63) is 50.7 Å². The highest BCUT2D eigenvalue weighted by Gasteiger charge is 2.18. The van der Waals surface area contributed by atoms with Gasteiger partial charge >= 0.3 is 5.97 Å². The van der Waals surface area contributed by atoms with Crippen LogP contribution in [0.25, 0.3) is 11.4 Å². The van der Waals surface area contributed by atoms with E-state index in [0.717, 1.165) is 0 Å². The number of benzene rings is 1. The van der Waals surface area contributed by atoms with Crippen LogP contribution < -0.4 is 5.56 Å². The molecule has 1 aromatic heterocycles. The number of H-pyrrole nitrogens is 1. The van der Waals surface area contributed by atoms with Crippen LogP contribution >= 0.6 is 11.6 Å². The molecule has 0 fully saturated rings. The Labute approximate surface area is 111 Å². The second-order valence-corrected chi connectivity index (χ2v) is 4.18. The van der Waals surface area contributed by atoms with Gasteiger partial charge in [0.15, 0.2) is 0 Å². The van der Waals surface area contributed by atoms with Crippen LogP contribution in [0.5, 0.6) is 0 Å². The van der Waals surface area contributed by atoms with Crippen molar-refractivity contribution in [2.75, 3.05) is 0 Å². The molecule has 0 amide bonds. The number of aromatic amines is 1. The van der Waals surface area contributed by atoms with E-state index in [-0.39, 0.29) is 22.1 Å². The predicted octanol–water partition coefficient (Wildman–Crippen LogP) is 2.24. The lowest BCUT2D eigenvalue weighted by Crippen LogP contribution is -2.21. The number of nitrogens with one attached hydrogen (secondary N) is 1. The summed E-state index contributed by atoms with van der Waals surface area (Å²) >= 11 is 5.85. The van der Waals surface area contributed by atoms with Crippen LogP contribution in [0, 0.1) is 12.7 Å². The third-order valence-electron chi connectivity index (χ3n) is 2.51. The molecule has 2 aromatic rings. The van der Waals surface area contributed by atoms with E-state index in [2.05, 4.69) is 9.97 Å². The zero-order valence-corrected chi connectivity index (χ0v) is 10.5. The second kappa shape index (κ2) is 4.81. The number of aromatic carboxylic acids is 1. The topological polar surface area (TPSA) is 83.0 Å². The highest BCUT2D eigenvalue weighted by molar-refractivity contribution is 6.33. The number of hydrogen-bond donors (Lipinski definition) is 2. The Balaban J connectivity index is 2.73. The zero-order valence-electron chi connectivity index (χ0n) is 9.70. The maximum Gasteiger partial charge on any atom is 0.343 e. The Bertz CT molecular complexity index is 707. The fourth-order valence-electron chi connectivity index (χ4n) is 1.68. The van der Waals surface area contributed by atoms with Gasteiger partial charge in [0.25, 0.3) is 5.56 Å². The summed E-state index contributed by atoms with van der Waals surface area (Å²) in [5, 5.41) is 8.93. The van der Waals surface area contributed by atoms with Crippen molar-refractivity contribution in [2.45, 2.75) is 6.92 Å². The van der Waals surface area contributed by atoms with Crippen molar-refractivity contribution in [1.29, 1.82) is 0 Å². The Morgan fingerprint density at radius 3 is 2.68 bits per heavy atom. The molecule has 0 aliphatic rings. The van der Waals surface area contributed by atoms with Gasteiger partial charge in [-0.2, -0.15) is 0 Å². The minimum absolute atomic E-state index is 0.00873. The van der Waals surface area contributed by atoms with Crippen molar-refractivity contribution in [2.24, 2.45) is 0 Å². The molecule has 2 rings (SSSR count). The molecule has 0 aliphatic heterocycles. The third kappa shape index (κ3) is 2.34. The van der Waals surface area contributed by atoms with Gasteiger partial charge < -0.3 is 10.1 Å². The van der Waals surface area contributed by atoms with Crippen molar-refractivity contribution < 1.29 is 14.3 Å². The van der Waals surface area contributed by atoms with Gasteiger partial charge in [-0.25, -0.2) is 14.2 Å². The summed E-state index contributed by atoms with van der Waals surface area (Å²) in [6.07, 6.45) is 0. The molecule has 98 valence electrons. The molecule has 7 heteroatoms. The first-order valence-corrected chi connectivity index (χ1v) is 5.58. The van der Waals surface area contributed by atoms with Gasteiger partial charge in [0.2, 0.25) is 0 Å². The van der Waals surface area contributed by atoms with Gasteiger partial charge in [-0.15, -0.1) is 0 Å². The van der Waals surface area contributed by atoms with Crippen LogP contribution in [-0.2, 0) is 0 Å². The quantitative estimate of drug-likeness (QED) is 0.885. The number of halogens is 2. The number of carbonyl (C=O) groups is 1. The summed E-state index contributed by atoms with van der Waals surface area (Å²) in [5.41, 5.74) is -1.41. The average Bonchev–Trinajstić information content (AvgIpc) is 2.26. The minimum atomic E-state index is -1.39. The summed E-state index contributed by atoms with van der Waals surface area (Å²) in [4.78, 5) is 28.6. The first-order chi connectivity index (χ1) is 8.91. The van der Waals surface area contributed by atoms with E-state index < -0.39 is 22.9 Å². The highest BCUT2D eigenvalue weighted by atomic mass is 35.5. The van der Waals surface area contributed by atoms with Crippen LogP contribution in [0.3, 0.4) is 0 Å². The number of hydrogen-bond acceptors (Lipinski definition) is 3. The van der Waals surface area contributed by atoms with Crippen molar-refractivity contribution in [3.63, 3.8) is 0 Å². The number of aromatic nitrogens is 2. The Hall–Kier alpha value is -2.21. The summed E-state index contributed by atoms with van der Waals surface area (Å²) in [5.74, 6) is -2.15. The van der Waals surface area contributed by atoms with Gasteiger partial charge in [0.05, 0.1) is 16.3 Å². The van der Waals surface area contributed by atoms with Gasteiger partial charge in [-0.3, -0.25) is 4.79 Å². The Kier molecular flexibility index (Phi) is 3.35. The van der Waals surface area contributed by atoms with E-state index >= 15 is 0 Å². The molecule has 19 heavy (non-hydrogen) atoms. The lowest BCUT2D eigenvalue weighted by Gasteiger charge is -2.07. The molecule has 1 heterocycles. The molecule has 0 unspecified atom stereocenters. The summed E-state index contributed by atoms with van der Waals surface area (Å²) in [6.45, 7) is 1.36. The largest absolute Gasteiger partial charge is 0.477 e. The van der Waals surface area contributed by atoms with Crippen LogP contribution in [0.1, 0.15) is 16.1 Å². The molecular weight excluding hydrogens is 275 g/mol. The molecule has 0 saturated carbocycles. The molecule has 5 nitrogen and oxygen atoms in total. The molecule has 0 aliphatic carbocycles. The Morgan fingerprint density at radius 2 is 2.16 bits per heavy atom. The molecule has 1 aromatic carbocycles. The Morgan fingerprint density at radius 1 is 1.47 bits per heavy atom. The van der Waals surface area contributed by atoms with Crippen LogP contribution in [-0.4, -0.2) is 21.0 Å². The molecule has 0 bridgehead atoms. The number of aryl methyl sites for hydroxylation is 1. The SMILES string of the molecule is Cc1nc(-c2c(F)cccc2Cl)[nH]c(=O)c1C(=O)O. The molecule has 0 saturated heterocycles. The minimum Gasteiger partial charge on any atom is -0.477 e. The number of carboxylic acids is 1. The fourth-order valence-corrected chi connectivity index (χ4v) is 1.93. The van der Waals surface area contributed by atoms with Crippen LogP contribution in [0.15, 0.2) is 23.0 Å². The smallest absolute Gasteiger partial charge is 0.343 e. The molecule has 2 N–H and O–H groups in total. The monoisotopic (exact) mass is 282 g/mol. The standard InChI is InChI=1S/C12H8ClFN2O3/c1-5-8(12(18)19)11(17)16-10(15-5)9-6(13)3-2-4-7(9)14/h2-4H,1H3,(H,18,19)(H,15,16,17). The number of carboxylic acid groups (broad SMARTS) is 1. The van der Waals surface area contributed by atoms with Gasteiger partial charge in [0, 0.05) is 0 Å². The maximum atomic E-state index is 13.7. The van der Waals surface area contributed by atoms with E-state index in [4.69, 9.17) is 16.7 Å². The van der Waals surface area contributed by atoms with Crippen LogP contribution in [0.2, 0.25) is 5.02 Å². The van der Waals surface area contributed by atoms with E-state index in [1.165, 1.54) is 25.1 Å². The summed E-state index contributed by atoms with van der Waals surface area (Å²) < 4.78 is 13.7. The van der Waals surface area contributed by atoms with E-state index in [1.54, 1.807) is 0 Å². The normalized spacial score (nSPS) is 10.5. The highest BCUT2D eigenvalue weighted by Crippen LogP contribution is 2.27. The fraction of sp³-hybridized carbons (Fsp3) is 0.0833. The maximum absolute atomic E-state index is 13.7. The van der Waals surface area contributed by atoms with Crippen LogP contribution in [0.4, 0.5) is 4.39 Å². The van der Waals surface area contributed by atoms with E-state index in [0.29, 0.717) is 0 Å². The van der Waals surface area contributed by atoms with Crippen molar-refractivity contribution >= 4 is 17.6 Å². The molecule has 0 atom stereocenters. The summed E-state index contributed by atoms with van der Waals surface area (Å²) in [6, 6.07) is 4.03. The van der Waals surface area contributed by atoms with Gasteiger partial charge in [-0.1, -0.05) is 17.7 Å². The van der Waals surface area contributed by atoms with Crippen molar-refractivity contribution in [3.8, 4) is 11.4 Å². The molecule has 0 spiro atoms. The summed E-state index contributed by atoms with van der Waals surface area (Å²) in [7, 11) is 0. The molecular formula is C12H8ClFN2O3. The number of rotatable bonds is 2. The average molecular weight is 283 g/mol.